The van der Waals surface area contributed by atoms with Crippen LogP contribution in [0.1, 0.15) is 98.0 Å². The van der Waals surface area contributed by atoms with Crippen molar-refractivity contribution in [2.45, 2.75) is 89.1 Å². The molecule has 15 nitrogen and oxygen atoms in total. The van der Waals surface area contributed by atoms with E-state index in [-0.39, 0.29) is 17.6 Å². The van der Waals surface area contributed by atoms with Crippen LogP contribution in [0, 0.1) is 0 Å². The first-order valence-electron chi connectivity index (χ1n) is 27.5. The van der Waals surface area contributed by atoms with Crippen molar-refractivity contribution in [2.24, 2.45) is 5.73 Å². The van der Waals surface area contributed by atoms with Gasteiger partial charge in [0.05, 0.1) is 28.4 Å². The summed E-state index contributed by atoms with van der Waals surface area (Å²) in [6.45, 7) is 14.5. The Labute approximate surface area is 444 Å². The van der Waals surface area contributed by atoms with Crippen LogP contribution in [0.4, 0.5) is 0 Å². The van der Waals surface area contributed by atoms with E-state index < -0.39 is 5.97 Å². The van der Waals surface area contributed by atoms with Gasteiger partial charge in [-0.3, -0.25) is 4.79 Å². The molecule has 15 heteroatoms. The summed E-state index contributed by atoms with van der Waals surface area (Å²) in [6, 6.07) is 27.5. The molecule has 6 N–H and O–H groups in total. The van der Waals surface area contributed by atoms with E-state index in [1.54, 1.807) is 34.5 Å². The number of aromatic amines is 2. The smallest absolute Gasteiger partial charge is 0.352 e. The van der Waals surface area contributed by atoms with E-state index in [0.717, 1.165) is 88.0 Å². The van der Waals surface area contributed by atoms with Crippen molar-refractivity contribution in [1.29, 1.82) is 0 Å². The van der Waals surface area contributed by atoms with Crippen LogP contribution in [0.3, 0.4) is 0 Å². The van der Waals surface area contributed by atoms with E-state index in [1.165, 1.54) is 123 Å². The van der Waals surface area contributed by atoms with Crippen molar-refractivity contribution in [3.05, 3.63) is 96.3 Å². The molecule has 75 heavy (non-hydrogen) atoms. The summed E-state index contributed by atoms with van der Waals surface area (Å²) in [4.78, 5) is 41.0. The number of nitrogens with zero attached hydrogens (tertiary/aromatic N) is 4. The molecule has 0 aliphatic carbocycles. The Kier molecular flexibility index (Phi) is 20.3. The van der Waals surface area contributed by atoms with Gasteiger partial charge in [0.2, 0.25) is 0 Å². The third kappa shape index (κ3) is 15.1. The normalized spacial score (nSPS) is 17.7. The number of ether oxygens (including phenoxy) is 4. The van der Waals surface area contributed by atoms with Crippen LogP contribution in [-0.4, -0.2) is 166 Å². The van der Waals surface area contributed by atoms with E-state index in [0.29, 0.717) is 23.2 Å². The first-order chi connectivity index (χ1) is 36.6. The number of carbonyl (C=O) groups is 2. The highest BCUT2D eigenvalue weighted by atomic mass is 16.5. The number of aromatic nitrogens is 2. The number of aromatic carboxylic acids is 1. The Bertz CT molecular complexity index is 2740. The first-order valence-corrected chi connectivity index (χ1v) is 27.5. The molecule has 0 radical (unpaired) electrons. The Balaban J connectivity index is 0.000000166. The molecule has 0 spiro atoms. The molecule has 1 amide bonds. The summed E-state index contributed by atoms with van der Waals surface area (Å²) in [6.07, 6.45) is 15.5. The minimum absolute atomic E-state index is 0.0353. The molecule has 6 heterocycles. The van der Waals surface area contributed by atoms with Crippen molar-refractivity contribution in [3.8, 4) is 45.3 Å². The lowest BCUT2D eigenvalue weighted by atomic mass is 10.0. The number of carboxylic acids is 1. The molecular formula is C60H82N8O7. The zero-order valence-corrected chi connectivity index (χ0v) is 45.0. The predicted octanol–water partition coefficient (Wildman–Crippen LogP) is 9.76. The number of nitrogens with two attached hydrogens (primary N) is 1. The molecule has 4 saturated heterocycles. The minimum Gasteiger partial charge on any atom is -0.497 e. The number of nitrogens with one attached hydrogen (secondary N) is 3. The molecule has 0 bridgehead atoms. The van der Waals surface area contributed by atoms with Crippen LogP contribution in [0.25, 0.3) is 44.1 Å². The number of carbonyl (C=O) groups excluding carboxylic acids is 1. The number of hydrogen-bond acceptors (Lipinski definition) is 11. The highest BCUT2D eigenvalue weighted by molar-refractivity contribution is 6.04. The molecule has 2 aromatic heterocycles. The summed E-state index contributed by atoms with van der Waals surface area (Å²) >= 11 is 0. The third-order valence-electron chi connectivity index (χ3n) is 15.6. The van der Waals surface area contributed by atoms with Crippen LogP contribution < -0.4 is 30.0 Å². The Morgan fingerprint density at radius 2 is 1.04 bits per heavy atom. The van der Waals surface area contributed by atoms with Gasteiger partial charge in [-0.1, -0.05) is 56.0 Å². The van der Waals surface area contributed by atoms with E-state index >= 15 is 0 Å². The second-order valence-electron chi connectivity index (χ2n) is 20.6. The number of piperidine rings is 2. The number of H-pyrrole nitrogens is 2. The van der Waals surface area contributed by atoms with Crippen molar-refractivity contribution < 1.29 is 33.6 Å². The second kappa shape index (κ2) is 27.6. The standard InChI is InChI=1S/C30H40N4O3.C17H15NO4.C13H27N3/c1-36-23-10-11-25(29(20-23)37-2)24-8-7-9-27-26(24)21-28(32-27)30(35)31-22-12-16-34(17-13-22)19-18-33-14-5-3-4-6-15-33;1-21-15-7-6-10(8-16(15)22-2)11-4-3-5-13-12(11)9-14(18-13)17(19)20;14-13-5-9-16(10-6-13)12-11-15-7-3-1-2-4-8-15/h7-11,20-22,32H,3-6,12-19H2,1-2H3,(H,31,35);3-9,18H,1-2H3,(H,19,20);13H,1-12,14H2. The van der Waals surface area contributed by atoms with Gasteiger partial charge in [-0.05, 0) is 156 Å². The molecule has 4 aromatic carbocycles. The number of amides is 1. The molecular weight excluding hydrogens is 945 g/mol. The highest BCUT2D eigenvalue weighted by Crippen LogP contribution is 2.38. The van der Waals surface area contributed by atoms with Gasteiger partial charge in [-0.2, -0.15) is 0 Å². The Hall–Kier alpha value is -6.10. The summed E-state index contributed by atoms with van der Waals surface area (Å²) in [5.41, 5.74) is 12.2. The van der Waals surface area contributed by atoms with Crippen molar-refractivity contribution in [1.82, 2.24) is 34.9 Å². The molecule has 4 aliphatic rings. The number of rotatable bonds is 15. The monoisotopic (exact) mass is 1030 g/mol. The maximum Gasteiger partial charge on any atom is 0.352 e. The molecule has 4 aliphatic heterocycles. The van der Waals surface area contributed by atoms with Crippen molar-refractivity contribution in [2.75, 3.05) is 107 Å². The van der Waals surface area contributed by atoms with E-state index in [4.69, 9.17) is 29.8 Å². The summed E-state index contributed by atoms with van der Waals surface area (Å²) in [7, 11) is 6.48. The second-order valence-corrected chi connectivity index (χ2v) is 20.6. The SMILES string of the molecule is COc1ccc(-c2cccc3[nH]c(C(=O)NC4CCN(CCN5CCCCCC5)CC4)cc23)c(OC)c1.COc1ccc(-c2cccc3[nH]c(C(=O)O)cc23)cc1OC.NC1CCN(CCN2CCCCCC2)CC1. The predicted molar refractivity (Wildman–Crippen MR) is 301 cm³/mol. The van der Waals surface area contributed by atoms with Crippen LogP contribution in [-0.2, 0) is 0 Å². The quantitative estimate of drug-likeness (QED) is 0.0660. The largest absolute Gasteiger partial charge is 0.497 e. The molecule has 6 aromatic rings. The topological polar surface area (TPSA) is 174 Å². The highest BCUT2D eigenvalue weighted by Gasteiger charge is 2.24. The molecule has 10 rings (SSSR count). The third-order valence-corrected chi connectivity index (χ3v) is 15.6. The average Bonchev–Trinajstić information content (AvgIpc) is 3.89. The summed E-state index contributed by atoms with van der Waals surface area (Å²) in [5.74, 6) is 1.75. The maximum absolute atomic E-state index is 13.2. The van der Waals surface area contributed by atoms with Gasteiger partial charge in [0.15, 0.2) is 11.5 Å². The number of benzene rings is 4. The fraction of sp³-hybridized carbons (Fsp3) is 0.500. The van der Waals surface area contributed by atoms with Crippen LogP contribution >= 0.6 is 0 Å². The zero-order chi connectivity index (χ0) is 52.5. The van der Waals surface area contributed by atoms with Gasteiger partial charge >= 0.3 is 5.97 Å². The Morgan fingerprint density at radius 1 is 0.533 bits per heavy atom. The van der Waals surface area contributed by atoms with E-state index in [2.05, 4.69) is 41.0 Å². The van der Waals surface area contributed by atoms with Gasteiger partial charge in [0, 0.05) is 84.8 Å². The lowest BCUT2D eigenvalue weighted by molar-refractivity contribution is 0.0691. The first kappa shape index (κ1) is 55.1. The molecule has 0 saturated carbocycles. The molecule has 0 atom stereocenters. The number of hydrogen-bond donors (Lipinski definition) is 5. The van der Waals surface area contributed by atoms with Crippen molar-refractivity contribution in [3.63, 3.8) is 0 Å². The lowest BCUT2D eigenvalue weighted by Gasteiger charge is -2.33. The average molecular weight is 1030 g/mol. The van der Waals surface area contributed by atoms with Crippen LogP contribution in [0.5, 0.6) is 23.0 Å². The van der Waals surface area contributed by atoms with E-state index in [9.17, 15) is 9.59 Å². The van der Waals surface area contributed by atoms with Gasteiger partial charge in [0.25, 0.3) is 5.91 Å². The molecule has 4 fully saturated rings. The van der Waals surface area contributed by atoms with Gasteiger partial charge in [-0.15, -0.1) is 0 Å². The van der Waals surface area contributed by atoms with Gasteiger partial charge in [0.1, 0.15) is 22.9 Å². The lowest BCUT2D eigenvalue weighted by Crippen LogP contribution is -2.46. The molecule has 0 unspecified atom stereocenters. The fourth-order valence-electron chi connectivity index (χ4n) is 11.1. The van der Waals surface area contributed by atoms with E-state index in [1.807, 2.05) is 72.8 Å². The number of methoxy groups -OCH3 is 4. The minimum atomic E-state index is -0.977. The number of carboxylic acid groups (broad SMARTS) is 1. The maximum atomic E-state index is 13.2. The Morgan fingerprint density at radius 3 is 1.59 bits per heavy atom. The summed E-state index contributed by atoms with van der Waals surface area (Å²) < 4.78 is 21.6. The van der Waals surface area contributed by atoms with Gasteiger partial charge < -0.3 is 64.7 Å². The summed E-state index contributed by atoms with van der Waals surface area (Å²) in [5, 5.41) is 14.3. The molecule has 404 valence electrons. The number of fused-ring (bicyclic) bond motifs is 2. The zero-order valence-electron chi connectivity index (χ0n) is 45.0. The van der Waals surface area contributed by atoms with Gasteiger partial charge in [-0.25, -0.2) is 4.79 Å². The van der Waals surface area contributed by atoms with Crippen molar-refractivity contribution >= 4 is 33.7 Å². The van der Waals surface area contributed by atoms with Crippen LogP contribution in [0.2, 0.25) is 0 Å². The fourth-order valence-corrected chi connectivity index (χ4v) is 11.1. The van der Waals surface area contributed by atoms with Crippen LogP contribution in [0.15, 0.2) is 84.9 Å². The number of likely N-dealkylation sites (tertiary alicyclic amines) is 4.